The number of alkyl halides is 3. The molecular weight excluding hydrogens is 557 g/mol. The van der Waals surface area contributed by atoms with Crippen LogP contribution in [-0.4, -0.2) is 54.9 Å². The van der Waals surface area contributed by atoms with Crippen molar-refractivity contribution in [3.63, 3.8) is 0 Å². The maximum Gasteiger partial charge on any atom is 0.451 e. The van der Waals surface area contributed by atoms with E-state index >= 15 is 0 Å². The van der Waals surface area contributed by atoms with Crippen molar-refractivity contribution >= 4 is 34.1 Å². The summed E-state index contributed by atoms with van der Waals surface area (Å²) in [5, 5.41) is 2.59. The summed E-state index contributed by atoms with van der Waals surface area (Å²) in [6.07, 6.45) is -3.08. The molecule has 1 amide bonds. The van der Waals surface area contributed by atoms with Crippen LogP contribution in [-0.2, 0) is 21.4 Å². The molecule has 1 saturated carbocycles. The van der Waals surface area contributed by atoms with E-state index in [0.29, 0.717) is 0 Å². The summed E-state index contributed by atoms with van der Waals surface area (Å²) in [4.78, 5) is 23.2. The maximum atomic E-state index is 14.5. The van der Waals surface area contributed by atoms with Crippen molar-refractivity contribution in [3.8, 4) is 0 Å². The monoisotopic (exact) mass is 583 g/mol. The normalized spacial score (nSPS) is 23.1. The molecule has 3 atom stereocenters. The van der Waals surface area contributed by atoms with Crippen LogP contribution in [0, 0.1) is 28.9 Å². The molecule has 2 heterocycles. The van der Waals surface area contributed by atoms with E-state index in [9.17, 15) is 35.2 Å². The lowest BCUT2D eigenvalue weighted by atomic mass is 10.0. The van der Waals surface area contributed by atoms with Gasteiger partial charge < -0.3 is 5.32 Å². The molecular formula is C26H26F5N5O3S. The van der Waals surface area contributed by atoms with E-state index < -0.39 is 45.6 Å². The Hall–Kier alpha value is -3.52. The molecule has 0 spiro atoms. The number of hydrogen-bond donors (Lipinski definition) is 1. The number of amidine groups is 1. The number of nitrogens with zero attached hydrogens (tertiary/aromatic N) is 4. The number of halogens is 5. The molecule has 0 bridgehead atoms. The highest BCUT2D eigenvalue weighted by molar-refractivity contribution is 7.89. The van der Waals surface area contributed by atoms with Gasteiger partial charge in [-0.15, -0.1) is 0 Å². The van der Waals surface area contributed by atoms with Crippen molar-refractivity contribution in [3.05, 3.63) is 65.6 Å². The number of carbonyl (C=O) groups is 1. The number of hydrogen-bond acceptors (Lipinski definition) is 5. The van der Waals surface area contributed by atoms with E-state index in [0.717, 1.165) is 41.0 Å². The number of aliphatic imine (C=N–C) groups is 2. The van der Waals surface area contributed by atoms with Gasteiger partial charge in [-0.3, -0.25) is 9.78 Å². The van der Waals surface area contributed by atoms with Crippen molar-refractivity contribution < 1.29 is 35.2 Å². The number of rotatable bonds is 7. The number of aromatic nitrogens is 1. The second-order valence-electron chi connectivity index (χ2n) is 10.2. The number of allylic oxidation sites excluding steroid dienone is 1. The molecule has 1 saturated heterocycles. The van der Waals surface area contributed by atoms with Crippen LogP contribution in [0.3, 0.4) is 0 Å². The molecule has 0 radical (unpaired) electrons. The first kappa shape index (κ1) is 29.5. The summed E-state index contributed by atoms with van der Waals surface area (Å²) in [5.74, 6) is -3.82. The Bertz CT molecular complexity index is 1500. The first-order valence-corrected chi connectivity index (χ1v) is 13.5. The fourth-order valence-electron chi connectivity index (χ4n) is 5.08. The number of amides is 1. The van der Waals surface area contributed by atoms with Gasteiger partial charge in [0.1, 0.15) is 17.7 Å². The van der Waals surface area contributed by atoms with Gasteiger partial charge in [-0.1, -0.05) is 13.8 Å². The molecule has 1 aromatic heterocycles. The number of carbonyl (C=O) groups excluding carboxylic acids is 1. The predicted octanol–water partition coefficient (Wildman–Crippen LogP) is 4.34. The van der Waals surface area contributed by atoms with Gasteiger partial charge in [0.2, 0.25) is 21.8 Å². The van der Waals surface area contributed by atoms with Gasteiger partial charge in [0.15, 0.2) is 0 Å². The van der Waals surface area contributed by atoms with Crippen LogP contribution in [0.15, 0.2) is 57.6 Å². The van der Waals surface area contributed by atoms with Crippen molar-refractivity contribution in [2.75, 3.05) is 6.54 Å². The van der Waals surface area contributed by atoms with E-state index in [1.807, 2.05) is 13.8 Å². The third-order valence-corrected chi connectivity index (χ3v) is 9.29. The van der Waals surface area contributed by atoms with Crippen LogP contribution >= 0.6 is 0 Å². The minimum Gasteiger partial charge on any atom is -0.351 e. The van der Waals surface area contributed by atoms with Gasteiger partial charge in [-0.25, -0.2) is 27.2 Å². The highest BCUT2D eigenvalue weighted by Crippen LogP contribution is 2.65. The molecule has 1 aliphatic carbocycles. The molecule has 1 unspecified atom stereocenters. The van der Waals surface area contributed by atoms with E-state index in [1.165, 1.54) is 13.0 Å². The Balaban J connectivity index is 1.55. The fraction of sp³-hybridized carbons (Fsp3) is 0.385. The van der Waals surface area contributed by atoms with Crippen molar-refractivity contribution in [2.45, 2.75) is 44.4 Å². The Morgan fingerprint density at radius 1 is 1.25 bits per heavy atom. The van der Waals surface area contributed by atoms with Crippen LogP contribution < -0.4 is 5.32 Å². The molecule has 2 fully saturated rings. The zero-order valence-electron chi connectivity index (χ0n) is 21.7. The highest BCUT2D eigenvalue weighted by Gasteiger charge is 2.70. The van der Waals surface area contributed by atoms with Crippen LogP contribution in [0.2, 0.25) is 0 Å². The summed E-state index contributed by atoms with van der Waals surface area (Å²) in [6, 6.07) is 4.48. The molecule has 1 aliphatic heterocycles. The molecule has 4 rings (SSSR count). The molecule has 214 valence electrons. The van der Waals surface area contributed by atoms with Gasteiger partial charge in [-0.2, -0.15) is 17.5 Å². The van der Waals surface area contributed by atoms with Gasteiger partial charge in [-0.05, 0) is 66.8 Å². The number of piperidine rings is 1. The van der Waals surface area contributed by atoms with Crippen LogP contribution in [0.1, 0.15) is 32.0 Å². The molecule has 8 nitrogen and oxygen atoms in total. The fourth-order valence-corrected chi connectivity index (χ4v) is 6.71. The van der Waals surface area contributed by atoms with Gasteiger partial charge in [0.05, 0.1) is 16.8 Å². The Morgan fingerprint density at radius 2 is 1.90 bits per heavy atom. The van der Waals surface area contributed by atoms with E-state index in [4.69, 9.17) is 0 Å². The Morgan fingerprint density at radius 3 is 2.50 bits per heavy atom. The third-order valence-electron chi connectivity index (χ3n) is 7.43. The second-order valence-corrected chi connectivity index (χ2v) is 12.1. The first-order chi connectivity index (χ1) is 18.6. The standard InChI is InChI=1S/C26H26F5N5O3S/c1-14(10-35-24(32-4)26(29,30)31)20-9-15(19(28)12-33-20)11-34-23(37)22-21-18(25(21,2)3)13-36(22)40(38,39)17-7-5-16(27)6-8-17/h5-10,12,18,21-22H,4,11,13H2,1-3H3,(H,34,37)/b14-10+,35-24-/t18-,21?,22-/m0/s1. The quantitative estimate of drug-likeness (QED) is 0.298. The molecule has 40 heavy (non-hydrogen) atoms. The number of fused-ring (bicyclic) bond motifs is 1. The Kier molecular flexibility index (Phi) is 7.71. The smallest absolute Gasteiger partial charge is 0.351 e. The van der Waals surface area contributed by atoms with Crippen molar-refractivity contribution in [1.29, 1.82) is 0 Å². The molecule has 1 N–H and O–H groups in total. The second kappa shape index (κ2) is 10.5. The SMILES string of the molecule is C=N/C(=N\C=C(/C)c1cc(CNC(=O)[C@@H]2C3[C@H](CN2S(=O)(=O)c2ccc(F)cc2)C3(C)C)c(F)cn1)C(F)(F)F. The zero-order valence-corrected chi connectivity index (χ0v) is 22.5. The number of benzene rings is 1. The summed E-state index contributed by atoms with van der Waals surface area (Å²) < 4.78 is 94.2. The van der Waals surface area contributed by atoms with E-state index in [1.54, 1.807) is 0 Å². The maximum absolute atomic E-state index is 14.5. The number of sulfonamides is 1. The van der Waals surface area contributed by atoms with Crippen LogP contribution in [0.5, 0.6) is 0 Å². The van der Waals surface area contributed by atoms with Gasteiger partial charge in [0.25, 0.3) is 0 Å². The topological polar surface area (TPSA) is 104 Å². The largest absolute Gasteiger partial charge is 0.451 e. The lowest BCUT2D eigenvalue weighted by Crippen LogP contribution is -2.49. The first-order valence-electron chi connectivity index (χ1n) is 12.1. The number of pyridine rings is 1. The minimum atomic E-state index is -4.81. The average molecular weight is 584 g/mol. The van der Waals surface area contributed by atoms with Crippen molar-refractivity contribution in [2.24, 2.45) is 27.2 Å². The highest BCUT2D eigenvalue weighted by atomic mass is 32.2. The molecule has 14 heteroatoms. The van der Waals surface area contributed by atoms with Crippen LogP contribution in [0.4, 0.5) is 22.0 Å². The Labute approximate surface area is 227 Å². The molecule has 2 aliphatic rings. The minimum absolute atomic E-state index is 0.0227. The number of nitrogens with one attached hydrogen (secondary N) is 1. The van der Waals surface area contributed by atoms with Gasteiger partial charge in [0, 0.05) is 24.9 Å². The molecule has 2 aromatic rings. The average Bonchev–Trinajstić information content (AvgIpc) is 3.20. The summed E-state index contributed by atoms with van der Waals surface area (Å²) in [6.45, 7) is 7.89. The lowest BCUT2D eigenvalue weighted by molar-refractivity contribution is -0.125. The van der Waals surface area contributed by atoms with Crippen LogP contribution in [0.25, 0.3) is 5.57 Å². The zero-order chi connectivity index (χ0) is 29.6. The van der Waals surface area contributed by atoms with E-state index in [2.05, 4.69) is 27.0 Å². The summed E-state index contributed by atoms with van der Waals surface area (Å²) in [5.41, 5.74) is -0.0487. The van der Waals surface area contributed by atoms with Gasteiger partial charge >= 0.3 is 6.18 Å². The summed E-state index contributed by atoms with van der Waals surface area (Å²) in [7, 11) is -4.13. The van der Waals surface area contributed by atoms with E-state index in [-0.39, 0.29) is 52.1 Å². The summed E-state index contributed by atoms with van der Waals surface area (Å²) >= 11 is 0. The predicted molar refractivity (Wildman–Crippen MR) is 138 cm³/mol. The third kappa shape index (κ3) is 5.55. The van der Waals surface area contributed by atoms with Crippen molar-refractivity contribution in [1.82, 2.24) is 14.6 Å². The molecule has 1 aromatic carbocycles. The lowest BCUT2D eigenvalue weighted by Gasteiger charge is -2.29.